The van der Waals surface area contributed by atoms with Gasteiger partial charge in [-0.1, -0.05) is 39.8 Å². The van der Waals surface area contributed by atoms with Crippen LogP contribution >= 0.6 is 0 Å². The van der Waals surface area contributed by atoms with E-state index in [4.69, 9.17) is 5.14 Å². The van der Waals surface area contributed by atoms with Gasteiger partial charge in [-0.25, -0.2) is 13.6 Å². The summed E-state index contributed by atoms with van der Waals surface area (Å²) < 4.78 is 22.9. The number of hydrogen-bond donors (Lipinski definition) is 2. The molecule has 0 spiro atoms. The van der Waals surface area contributed by atoms with Gasteiger partial charge in [-0.05, 0) is 23.5 Å². The van der Waals surface area contributed by atoms with Gasteiger partial charge in [-0.15, -0.1) is 0 Å². The van der Waals surface area contributed by atoms with Crippen LogP contribution < -0.4 is 10.5 Å². The molecule has 0 heterocycles. The largest absolute Gasteiger partial charge is 0.384 e. The normalized spacial score (nSPS) is 14.3. The van der Waals surface area contributed by atoms with Gasteiger partial charge in [0.05, 0.1) is 5.69 Å². The van der Waals surface area contributed by atoms with E-state index in [0.717, 1.165) is 0 Å². The SMILES string of the molecule is CC(CNc1ccccc1S(N)(=O)=O)C(C)(C)C. The Labute approximate surface area is 110 Å². The van der Waals surface area contributed by atoms with Crippen molar-refractivity contribution in [2.45, 2.75) is 32.6 Å². The minimum Gasteiger partial charge on any atom is -0.384 e. The second-order valence-electron chi connectivity index (χ2n) is 5.69. The molecule has 0 aromatic heterocycles. The molecule has 0 amide bonds. The van der Waals surface area contributed by atoms with Crippen molar-refractivity contribution < 1.29 is 8.42 Å². The molecule has 0 bridgehead atoms. The summed E-state index contributed by atoms with van der Waals surface area (Å²) in [5.74, 6) is 0.408. The zero-order chi connectivity index (χ0) is 14.0. The first-order chi connectivity index (χ1) is 8.12. The average molecular weight is 270 g/mol. The Morgan fingerprint density at radius 3 is 2.33 bits per heavy atom. The minimum atomic E-state index is -3.68. The lowest BCUT2D eigenvalue weighted by Crippen LogP contribution is -2.25. The van der Waals surface area contributed by atoms with Crippen LogP contribution in [0.3, 0.4) is 0 Å². The van der Waals surface area contributed by atoms with Gasteiger partial charge in [0.25, 0.3) is 0 Å². The summed E-state index contributed by atoms with van der Waals surface area (Å²) in [6.45, 7) is 9.31. The molecule has 1 rings (SSSR count). The van der Waals surface area contributed by atoms with E-state index in [9.17, 15) is 8.42 Å². The molecule has 0 aliphatic rings. The second-order valence-corrected chi connectivity index (χ2v) is 7.22. The molecule has 1 atom stereocenters. The van der Waals surface area contributed by atoms with Crippen molar-refractivity contribution in [3.63, 3.8) is 0 Å². The van der Waals surface area contributed by atoms with Crippen molar-refractivity contribution in [1.29, 1.82) is 0 Å². The average Bonchev–Trinajstić information content (AvgIpc) is 2.23. The van der Waals surface area contributed by atoms with Gasteiger partial charge in [0, 0.05) is 6.54 Å². The van der Waals surface area contributed by atoms with E-state index in [1.54, 1.807) is 18.2 Å². The Bertz CT molecular complexity index is 504. The maximum atomic E-state index is 11.4. The second kappa shape index (κ2) is 5.28. The zero-order valence-electron chi connectivity index (χ0n) is 11.4. The minimum absolute atomic E-state index is 0.145. The van der Waals surface area contributed by atoms with Crippen LogP contribution in [0.15, 0.2) is 29.2 Å². The highest BCUT2D eigenvalue weighted by molar-refractivity contribution is 7.89. The smallest absolute Gasteiger partial charge is 0.240 e. The Hall–Kier alpha value is -1.07. The standard InChI is InChI=1S/C13H22N2O2S/c1-10(13(2,3)4)9-15-11-7-5-6-8-12(11)18(14,16)17/h5-8,10,15H,9H2,1-4H3,(H2,14,16,17). The molecule has 0 aliphatic carbocycles. The zero-order valence-corrected chi connectivity index (χ0v) is 12.2. The summed E-state index contributed by atoms with van der Waals surface area (Å²) in [6.07, 6.45) is 0. The monoisotopic (exact) mass is 270 g/mol. The third-order valence-corrected chi connectivity index (χ3v) is 4.24. The molecule has 0 fully saturated rings. The van der Waals surface area contributed by atoms with E-state index in [1.807, 2.05) is 0 Å². The molecule has 4 nitrogen and oxygen atoms in total. The lowest BCUT2D eigenvalue weighted by molar-refractivity contribution is 0.274. The van der Waals surface area contributed by atoms with Crippen LogP contribution in [-0.2, 0) is 10.0 Å². The molecule has 0 saturated carbocycles. The lowest BCUT2D eigenvalue weighted by atomic mass is 9.82. The van der Waals surface area contributed by atoms with Gasteiger partial charge < -0.3 is 5.32 Å². The van der Waals surface area contributed by atoms with Gasteiger partial charge in [-0.3, -0.25) is 0 Å². The lowest BCUT2D eigenvalue weighted by Gasteiger charge is -2.28. The number of nitrogens with one attached hydrogen (secondary N) is 1. The highest BCUT2D eigenvalue weighted by atomic mass is 32.2. The molecule has 102 valence electrons. The predicted molar refractivity (Wildman–Crippen MR) is 74.9 cm³/mol. The first-order valence-corrected chi connectivity index (χ1v) is 7.52. The Morgan fingerprint density at radius 1 is 1.28 bits per heavy atom. The topological polar surface area (TPSA) is 72.2 Å². The first kappa shape index (κ1) is 15.0. The summed E-state index contributed by atoms with van der Waals surface area (Å²) in [5.41, 5.74) is 0.736. The fourth-order valence-electron chi connectivity index (χ4n) is 1.43. The maximum Gasteiger partial charge on any atom is 0.240 e. The summed E-state index contributed by atoms with van der Waals surface area (Å²) in [6, 6.07) is 6.70. The van der Waals surface area contributed by atoms with Crippen LogP contribution in [0.5, 0.6) is 0 Å². The van der Waals surface area contributed by atoms with Crippen molar-refractivity contribution in [1.82, 2.24) is 0 Å². The quantitative estimate of drug-likeness (QED) is 0.882. The van der Waals surface area contributed by atoms with Crippen LogP contribution in [0.1, 0.15) is 27.7 Å². The summed E-state index contributed by atoms with van der Waals surface area (Å²) in [7, 11) is -3.68. The Kier molecular flexibility index (Phi) is 4.40. The van der Waals surface area contributed by atoms with Crippen LogP contribution in [0.25, 0.3) is 0 Å². The third kappa shape index (κ3) is 3.99. The number of para-hydroxylation sites is 1. The number of sulfonamides is 1. The molecule has 18 heavy (non-hydrogen) atoms. The first-order valence-electron chi connectivity index (χ1n) is 5.98. The van der Waals surface area contributed by atoms with Crippen LogP contribution in [0.2, 0.25) is 0 Å². The highest BCUT2D eigenvalue weighted by Gasteiger charge is 2.20. The molecule has 0 aliphatic heterocycles. The molecule has 1 aromatic carbocycles. The summed E-state index contributed by atoms with van der Waals surface area (Å²) in [4.78, 5) is 0.145. The molecular formula is C13H22N2O2S. The maximum absolute atomic E-state index is 11.4. The number of benzene rings is 1. The predicted octanol–water partition coefficient (Wildman–Crippen LogP) is 2.43. The van der Waals surface area contributed by atoms with Crippen molar-refractivity contribution >= 4 is 15.7 Å². The van der Waals surface area contributed by atoms with E-state index >= 15 is 0 Å². The van der Waals surface area contributed by atoms with Gasteiger partial charge in [0.2, 0.25) is 10.0 Å². The van der Waals surface area contributed by atoms with Crippen LogP contribution in [-0.4, -0.2) is 15.0 Å². The van der Waals surface area contributed by atoms with E-state index in [-0.39, 0.29) is 10.3 Å². The van der Waals surface area contributed by atoms with Crippen molar-refractivity contribution in [2.24, 2.45) is 16.5 Å². The molecule has 1 unspecified atom stereocenters. The fourth-order valence-corrected chi connectivity index (χ4v) is 2.15. The molecular weight excluding hydrogens is 248 g/mol. The van der Waals surface area contributed by atoms with E-state index in [0.29, 0.717) is 18.2 Å². The summed E-state index contributed by atoms with van der Waals surface area (Å²) >= 11 is 0. The van der Waals surface area contributed by atoms with Gasteiger partial charge in [0.1, 0.15) is 4.90 Å². The Balaban J connectivity index is 2.87. The third-order valence-electron chi connectivity index (χ3n) is 3.27. The van der Waals surface area contributed by atoms with E-state index in [2.05, 4.69) is 33.0 Å². The van der Waals surface area contributed by atoms with Crippen LogP contribution in [0, 0.1) is 11.3 Å². The molecule has 3 N–H and O–H groups in total. The molecule has 5 heteroatoms. The fraction of sp³-hybridized carbons (Fsp3) is 0.538. The number of nitrogens with two attached hydrogens (primary N) is 1. The van der Waals surface area contributed by atoms with E-state index < -0.39 is 10.0 Å². The molecule has 0 radical (unpaired) electrons. The number of anilines is 1. The molecule has 1 aromatic rings. The van der Waals surface area contributed by atoms with Crippen molar-refractivity contribution in [3.8, 4) is 0 Å². The van der Waals surface area contributed by atoms with Gasteiger partial charge in [0.15, 0.2) is 0 Å². The van der Waals surface area contributed by atoms with Crippen molar-refractivity contribution in [2.75, 3.05) is 11.9 Å². The highest BCUT2D eigenvalue weighted by Crippen LogP contribution is 2.26. The van der Waals surface area contributed by atoms with Crippen molar-refractivity contribution in [3.05, 3.63) is 24.3 Å². The van der Waals surface area contributed by atoms with Gasteiger partial charge >= 0.3 is 0 Å². The Morgan fingerprint density at radius 2 is 1.83 bits per heavy atom. The number of rotatable bonds is 4. The molecule has 0 saturated heterocycles. The van der Waals surface area contributed by atoms with E-state index in [1.165, 1.54) is 6.07 Å². The van der Waals surface area contributed by atoms with Crippen LogP contribution in [0.4, 0.5) is 5.69 Å². The van der Waals surface area contributed by atoms with Gasteiger partial charge in [-0.2, -0.15) is 0 Å². The number of hydrogen-bond acceptors (Lipinski definition) is 3. The summed E-state index contributed by atoms with van der Waals surface area (Å²) in [5, 5.41) is 8.35. The number of primary sulfonamides is 1.